The van der Waals surface area contributed by atoms with Crippen molar-refractivity contribution in [2.45, 2.75) is 0 Å². The molecule has 0 atom stereocenters. The fraction of sp³-hybridized carbons (Fsp3) is 0.100. The first-order valence-electron chi connectivity index (χ1n) is 4.02. The van der Waals surface area contributed by atoms with Crippen molar-refractivity contribution in [3.63, 3.8) is 0 Å². The number of carbonyl (C=O) groups is 1. The van der Waals surface area contributed by atoms with E-state index < -0.39 is 5.97 Å². The van der Waals surface area contributed by atoms with E-state index in [-0.39, 0.29) is 5.75 Å². The zero-order valence-corrected chi connectivity index (χ0v) is 10.1. The summed E-state index contributed by atoms with van der Waals surface area (Å²) in [5.41, 5.74) is 0.635. The van der Waals surface area contributed by atoms with Crippen molar-refractivity contribution in [3.05, 3.63) is 27.3 Å². The molecule has 0 aromatic heterocycles. The Balaban J connectivity index is 3.12. The van der Waals surface area contributed by atoms with Crippen molar-refractivity contribution in [2.75, 3.05) is 7.11 Å². The molecule has 1 aromatic rings. The maximum Gasteiger partial charge on any atom is 0.328 e. The van der Waals surface area contributed by atoms with Gasteiger partial charge in [-0.1, -0.05) is 0 Å². The number of carboxylic acids is 1. The van der Waals surface area contributed by atoms with E-state index in [1.807, 2.05) is 22.6 Å². The zero-order valence-electron chi connectivity index (χ0n) is 7.90. The Labute approximate surface area is 100 Å². The minimum Gasteiger partial charge on any atom is -0.504 e. The van der Waals surface area contributed by atoms with Crippen molar-refractivity contribution < 1.29 is 19.7 Å². The Morgan fingerprint density at radius 2 is 2.20 bits per heavy atom. The molecule has 0 spiro atoms. The molecular formula is C10H9IO4. The van der Waals surface area contributed by atoms with Gasteiger partial charge < -0.3 is 14.9 Å². The lowest BCUT2D eigenvalue weighted by Gasteiger charge is -2.06. The van der Waals surface area contributed by atoms with Crippen LogP contribution < -0.4 is 4.74 Å². The molecule has 15 heavy (non-hydrogen) atoms. The predicted octanol–water partition coefficient (Wildman–Crippen LogP) is 2.10. The number of methoxy groups -OCH3 is 1. The van der Waals surface area contributed by atoms with Gasteiger partial charge in [-0.2, -0.15) is 0 Å². The highest BCUT2D eigenvalue weighted by molar-refractivity contribution is 14.1. The molecule has 0 aliphatic heterocycles. The first-order valence-corrected chi connectivity index (χ1v) is 5.10. The molecule has 1 aromatic carbocycles. The summed E-state index contributed by atoms with van der Waals surface area (Å²) in [7, 11) is 1.46. The van der Waals surface area contributed by atoms with E-state index in [1.54, 1.807) is 12.1 Å². The fourth-order valence-corrected chi connectivity index (χ4v) is 1.64. The molecule has 0 radical (unpaired) electrons. The van der Waals surface area contributed by atoms with Crippen LogP contribution in [0.2, 0.25) is 0 Å². The molecule has 0 fully saturated rings. The van der Waals surface area contributed by atoms with Crippen LogP contribution in [0.5, 0.6) is 11.5 Å². The molecule has 0 aliphatic rings. The first kappa shape index (κ1) is 11.8. The van der Waals surface area contributed by atoms with Crippen LogP contribution in [-0.2, 0) is 4.79 Å². The van der Waals surface area contributed by atoms with Crippen molar-refractivity contribution >= 4 is 34.6 Å². The van der Waals surface area contributed by atoms with Crippen LogP contribution in [0, 0.1) is 3.57 Å². The van der Waals surface area contributed by atoms with Gasteiger partial charge in [0.25, 0.3) is 0 Å². The van der Waals surface area contributed by atoms with Crippen LogP contribution in [0.15, 0.2) is 18.2 Å². The fourth-order valence-electron chi connectivity index (χ4n) is 1.02. The molecule has 0 saturated heterocycles. The summed E-state index contributed by atoms with van der Waals surface area (Å²) < 4.78 is 5.47. The number of hydrogen-bond donors (Lipinski definition) is 2. The molecule has 4 nitrogen and oxygen atoms in total. The average molecular weight is 320 g/mol. The number of hydrogen-bond acceptors (Lipinski definition) is 3. The third-order valence-corrected chi connectivity index (χ3v) is 2.87. The monoisotopic (exact) mass is 320 g/mol. The minimum atomic E-state index is -1.03. The van der Waals surface area contributed by atoms with Crippen molar-refractivity contribution in [3.8, 4) is 11.5 Å². The predicted molar refractivity (Wildman–Crippen MR) is 64.0 cm³/mol. The number of aliphatic carboxylic acids is 1. The van der Waals surface area contributed by atoms with E-state index in [4.69, 9.17) is 9.84 Å². The molecule has 1 rings (SSSR count). The Morgan fingerprint density at radius 1 is 1.53 bits per heavy atom. The molecule has 0 unspecified atom stereocenters. The van der Waals surface area contributed by atoms with Gasteiger partial charge in [-0.3, -0.25) is 0 Å². The Kier molecular flexibility index (Phi) is 3.96. The first-order chi connectivity index (χ1) is 7.06. The van der Waals surface area contributed by atoms with E-state index in [1.165, 1.54) is 13.2 Å². The summed E-state index contributed by atoms with van der Waals surface area (Å²) in [4.78, 5) is 10.3. The molecule has 5 heteroatoms. The Morgan fingerprint density at radius 3 is 2.73 bits per heavy atom. The largest absolute Gasteiger partial charge is 0.504 e. The van der Waals surface area contributed by atoms with E-state index in [2.05, 4.69) is 0 Å². The van der Waals surface area contributed by atoms with Crippen LogP contribution in [0.3, 0.4) is 0 Å². The number of carboxylic acid groups (broad SMARTS) is 1. The van der Waals surface area contributed by atoms with Gasteiger partial charge >= 0.3 is 5.97 Å². The molecule has 0 bridgehead atoms. The molecule has 0 amide bonds. The number of ether oxygens (including phenoxy) is 1. The highest BCUT2D eigenvalue weighted by atomic mass is 127. The maximum absolute atomic E-state index is 10.3. The number of halogens is 1. The summed E-state index contributed by atoms with van der Waals surface area (Å²) in [6.07, 6.45) is 2.44. The second-order valence-corrected chi connectivity index (χ2v) is 3.77. The number of phenols is 1. The lowest BCUT2D eigenvalue weighted by atomic mass is 10.2. The van der Waals surface area contributed by atoms with Crippen LogP contribution in [-0.4, -0.2) is 23.3 Å². The summed E-state index contributed by atoms with van der Waals surface area (Å²) in [5.74, 6) is -0.640. The van der Waals surface area contributed by atoms with Crippen molar-refractivity contribution in [1.82, 2.24) is 0 Å². The molecule has 2 N–H and O–H groups in total. The molecule has 0 heterocycles. The number of phenolic OH excluding ortho intramolecular Hbond substituents is 1. The highest BCUT2D eigenvalue weighted by Gasteiger charge is 2.08. The van der Waals surface area contributed by atoms with E-state index in [9.17, 15) is 9.90 Å². The lowest BCUT2D eigenvalue weighted by Crippen LogP contribution is -1.90. The number of rotatable bonds is 3. The average Bonchev–Trinajstić information content (AvgIpc) is 2.20. The van der Waals surface area contributed by atoms with Crippen LogP contribution >= 0.6 is 22.6 Å². The maximum atomic E-state index is 10.3. The van der Waals surface area contributed by atoms with Crippen LogP contribution in [0.25, 0.3) is 6.08 Å². The summed E-state index contributed by atoms with van der Waals surface area (Å²) >= 11 is 1.93. The van der Waals surface area contributed by atoms with E-state index in [0.717, 1.165) is 6.08 Å². The van der Waals surface area contributed by atoms with Gasteiger partial charge in [0.05, 0.1) is 10.7 Å². The van der Waals surface area contributed by atoms with E-state index >= 15 is 0 Å². The van der Waals surface area contributed by atoms with Gasteiger partial charge in [0.15, 0.2) is 11.5 Å². The highest BCUT2D eigenvalue weighted by Crippen LogP contribution is 2.33. The zero-order chi connectivity index (χ0) is 11.4. The van der Waals surface area contributed by atoms with Gasteiger partial charge in [-0.05, 0) is 46.4 Å². The Hall–Kier alpha value is -1.24. The molecular weight excluding hydrogens is 311 g/mol. The second kappa shape index (κ2) is 5.01. The van der Waals surface area contributed by atoms with Gasteiger partial charge in [-0.15, -0.1) is 0 Å². The molecule has 80 valence electrons. The van der Waals surface area contributed by atoms with Gasteiger partial charge in [-0.25, -0.2) is 4.79 Å². The number of aromatic hydroxyl groups is 1. The second-order valence-electron chi connectivity index (χ2n) is 2.69. The SMILES string of the molecule is COc1ccc(C=CC(=O)O)c(I)c1O. The summed E-state index contributed by atoms with van der Waals surface area (Å²) in [6.45, 7) is 0. The van der Waals surface area contributed by atoms with Gasteiger partial charge in [0.1, 0.15) is 0 Å². The molecule has 0 saturated carbocycles. The summed E-state index contributed by atoms with van der Waals surface area (Å²) in [6, 6.07) is 3.26. The van der Waals surface area contributed by atoms with Crippen molar-refractivity contribution in [2.24, 2.45) is 0 Å². The van der Waals surface area contributed by atoms with E-state index in [0.29, 0.717) is 14.9 Å². The Bertz CT molecular complexity index is 412. The normalized spacial score (nSPS) is 10.5. The van der Waals surface area contributed by atoms with Crippen LogP contribution in [0.4, 0.5) is 0 Å². The molecule has 0 aliphatic carbocycles. The summed E-state index contributed by atoms with van der Waals surface area (Å²) in [5, 5.41) is 18.1. The quantitative estimate of drug-likeness (QED) is 0.661. The smallest absolute Gasteiger partial charge is 0.328 e. The van der Waals surface area contributed by atoms with Crippen LogP contribution in [0.1, 0.15) is 5.56 Å². The number of benzene rings is 1. The lowest BCUT2D eigenvalue weighted by molar-refractivity contribution is -0.131. The minimum absolute atomic E-state index is 0.0191. The van der Waals surface area contributed by atoms with Gasteiger partial charge in [0, 0.05) is 6.08 Å². The standard InChI is InChI=1S/C10H9IO4/c1-15-7-4-2-6(3-5-8(12)13)9(11)10(7)14/h2-5,14H,1H3,(H,12,13). The topological polar surface area (TPSA) is 66.8 Å². The van der Waals surface area contributed by atoms with Crippen molar-refractivity contribution in [1.29, 1.82) is 0 Å². The third-order valence-electron chi connectivity index (χ3n) is 1.73. The third kappa shape index (κ3) is 2.85. The van der Waals surface area contributed by atoms with Gasteiger partial charge in [0.2, 0.25) is 0 Å².